The third-order valence-electron chi connectivity index (χ3n) is 9.36. The lowest BCUT2D eigenvalue weighted by molar-refractivity contribution is 0.669. The van der Waals surface area contributed by atoms with Crippen LogP contribution < -0.4 is 0 Å². The van der Waals surface area contributed by atoms with Crippen LogP contribution in [0.25, 0.3) is 98.5 Å². The van der Waals surface area contributed by atoms with Crippen LogP contribution in [0.5, 0.6) is 0 Å². The summed E-state index contributed by atoms with van der Waals surface area (Å²) in [7, 11) is 0. The first kappa shape index (κ1) is 28.6. The van der Waals surface area contributed by atoms with Crippen molar-refractivity contribution < 1.29 is 4.42 Å². The highest BCUT2D eigenvalue weighted by atomic mass is 32.1. The van der Waals surface area contributed by atoms with Gasteiger partial charge in [-0.2, -0.15) is 0 Å². The predicted octanol–water partition coefficient (Wildman–Crippen LogP) is 12.5. The van der Waals surface area contributed by atoms with Gasteiger partial charge in [0.25, 0.3) is 0 Å². The molecule has 0 bridgehead atoms. The van der Waals surface area contributed by atoms with Crippen molar-refractivity contribution in [2.24, 2.45) is 0 Å². The van der Waals surface area contributed by atoms with Crippen molar-refractivity contribution in [3.05, 3.63) is 164 Å². The first-order chi connectivity index (χ1) is 24.8. The molecular formula is C45H27N3OS. The highest BCUT2D eigenvalue weighted by Gasteiger charge is 2.20. The summed E-state index contributed by atoms with van der Waals surface area (Å²) < 4.78 is 9.16. The average molecular weight is 658 g/mol. The Morgan fingerprint density at radius 1 is 0.380 bits per heavy atom. The van der Waals surface area contributed by atoms with Gasteiger partial charge in [0.05, 0.1) is 0 Å². The maximum absolute atomic E-state index is 6.60. The molecule has 0 atom stereocenters. The Morgan fingerprint density at radius 2 is 1.00 bits per heavy atom. The molecule has 0 aliphatic heterocycles. The van der Waals surface area contributed by atoms with Crippen LogP contribution in [-0.2, 0) is 0 Å². The highest BCUT2D eigenvalue weighted by molar-refractivity contribution is 7.26. The van der Waals surface area contributed by atoms with Crippen molar-refractivity contribution in [3.8, 4) is 56.4 Å². The van der Waals surface area contributed by atoms with E-state index in [1.54, 1.807) is 0 Å². The van der Waals surface area contributed by atoms with Gasteiger partial charge in [0, 0.05) is 47.6 Å². The molecule has 0 saturated heterocycles. The Morgan fingerprint density at radius 3 is 1.72 bits per heavy atom. The summed E-state index contributed by atoms with van der Waals surface area (Å²) in [6.07, 6.45) is 0. The largest absolute Gasteiger partial charge is 0.456 e. The lowest BCUT2D eigenvalue weighted by atomic mass is 9.94. The SMILES string of the molecule is c1ccc(-c2nc(-c3ccccc3)nc(-c3cccc4oc5cc(-c6ccc(-c7ccccc7)c7c6sc6ccccc67)ccc5c34)n2)cc1. The van der Waals surface area contributed by atoms with Crippen LogP contribution in [0.3, 0.4) is 0 Å². The van der Waals surface area contributed by atoms with E-state index in [4.69, 9.17) is 19.4 Å². The zero-order chi connectivity index (χ0) is 33.0. The van der Waals surface area contributed by atoms with Gasteiger partial charge < -0.3 is 4.42 Å². The first-order valence-electron chi connectivity index (χ1n) is 16.6. The number of nitrogens with zero attached hydrogens (tertiary/aromatic N) is 3. The number of benzene rings is 7. The van der Waals surface area contributed by atoms with Crippen LogP contribution in [0.15, 0.2) is 168 Å². The van der Waals surface area contributed by atoms with Crippen molar-refractivity contribution in [2.75, 3.05) is 0 Å². The number of hydrogen-bond acceptors (Lipinski definition) is 5. The maximum Gasteiger partial charge on any atom is 0.164 e. The highest BCUT2D eigenvalue weighted by Crippen LogP contribution is 2.46. The molecule has 0 spiro atoms. The number of fused-ring (bicyclic) bond motifs is 6. The lowest BCUT2D eigenvalue weighted by Crippen LogP contribution is -2.00. The molecule has 50 heavy (non-hydrogen) atoms. The molecule has 3 aromatic heterocycles. The lowest BCUT2D eigenvalue weighted by Gasteiger charge is -2.10. The van der Waals surface area contributed by atoms with Gasteiger partial charge in [0.15, 0.2) is 17.5 Å². The molecule has 3 heterocycles. The molecule has 5 heteroatoms. The molecular weight excluding hydrogens is 631 g/mol. The monoisotopic (exact) mass is 657 g/mol. The fourth-order valence-electron chi connectivity index (χ4n) is 7.02. The van der Waals surface area contributed by atoms with Gasteiger partial charge in [-0.15, -0.1) is 11.3 Å². The number of furan rings is 1. The molecule has 0 fully saturated rings. The fraction of sp³-hybridized carbons (Fsp3) is 0. The minimum absolute atomic E-state index is 0.610. The zero-order valence-electron chi connectivity index (χ0n) is 26.7. The van der Waals surface area contributed by atoms with Gasteiger partial charge >= 0.3 is 0 Å². The van der Waals surface area contributed by atoms with Crippen LogP contribution in [0.1, 0.15) is 0 Å². The van der Waals surface area contributed by atoms with Crippen LogP contribution in [0.2, 0.25) is 0 Å². The van der Waals surface area contributed by atoms with Gasteiger partial charge in [-0.05, 0) is 46.5 Å². The van der Waals surface area contributed by atoms with Crippen LogP contribution >= 0.6 is 11.3 Å². The van der Waals surface area contributed by atoms with E-state index >= 15 is 0 Å². The third-order valence-corrected chi connectivity index (χ3v) is 10.6. The summed E-state index contributed by atoms with van der Waals surface area (Å²) >= 11 is 1.85. The molecule has 10 rings (SSSR count). The minimum Gasteiger partial charge on any atom is -0.456 e. The van der Waals surface area contributed by atoms with E-state index in [1.807, 2.05) is 84.1 Å². The Hall–Kier alpha value is -6.43. The summed E-state index contributed by atoms with van der Waals surface area (Å²) in [5, 5.41) is 4.59. The summed E-state index contributed by atoms with van der Waals surface area (Å²) in [5.74, 6) is 1.87. The van der Waals surface area contributed by atoms with Gasteiger partial charge in [-0.25, -0.2) is 15.0 Å². The molecule has 4 nitrogen and oxygen atoms in total. The van der Waals surface area contributed by atoms with Crippen molar-refractivity contribution in [2.45, 2.75) is 0 Å². The fourth-order valence-corrected chi connectivity index (χ4v) is 8.29. The topological polar surface area (TPSA) is 51.8 Å². The molecule has 0 saturated carbocycles. The van der Waals surface area contributed by atoms with E-state index in [2.05, 4.69) is 91.0 Å². The molecule has 10 aromatic rings. The maximum atomic E-state index is 6.60. The van der Waals surface area contributed by atoms with Gasteiger partial charge in [-0.1, -0.05) is 140 Å². The molecule has 0 aliphatic rings. The molecule has 234 valence electrons. The van der Waals surface area contributed by atoms with Crippen LogP contribution in [-0.4, -0.2) is 15.0 Å². The van der Waals surface area contributed by atoms with Crippen molar-refractivity contribution in [1.82, 2.24) is 15.0 Å². The number of thiophene rings is 1. The number of rotatable bonds is 5. The summed E-state index contributed by atoms with van der Waals surface area (Å²) in [6, 6.07) is 56.7. The van der Waals surface area contributed by atoms with Crippen LogP contribution in [0.4, 0.5) is 0 Å². The molecule has 0 aliphatic carbocycles. The number of aromatic nitrogens is 3. The van der Waals surface area contributed by atoms with Crippen molar-refractivity contribution in [1.29, 1.82) is 0 Å². The Balaban J connectivity index is 1.16. The second kappa shape index (κ2) is 11.6. The molecule has 0 amide bonds. The van der Waals surface area contributed by atoms with Gasteiger partial charge in [0.2, 0.25) is 0 Å². The molecule has 7 aromatic carbocycles. The Labute approximate surface area is 292 Å². The molecule has 0 N–H and O–H groups in total. The second-order valence-corrected chi connectivity index (χ2v) is 13.4. The first-order valence-corrected chi connectivity index (χ1v) is 17.4. The third kappa shape index (κ3) is 4.71. The van der Waals surface area contributed by atoms with E-state index in [9.17, 15) is 0 Å². The summed E-state index contributed by atoms with van der Waals surface area (Å²) in [6.45, 7) is 0. The van der Waals surface area contributed by atoms with Gasteiger partial charge in [0.1, 0.15) is 11.2 Å². The summed E-state index contributed by atoms with van der Waals surface area (Å²) in [5.41, 5.74) is 9.19. The standard InChI is InChI=1S/C45H27N3OS/c1-4-13-28(14-5-1)32-25-26-33(42-41(32)35-19-10-11-22-39(35)50-42)31-23-24-34-38(27-31)49-37-21-12-20-36(40(34)37)45-47-43(29-15-6-2-7-16-29)46-44(48-45)30-17-8-3-9-18-30/h1-27H. The second-order valence-electron chi connectivity index (χ2n) is 12.4. The van der Waals surface area contributed by atoms with E-state index in [-0.39, 0.29) is 0 Å². The van der Waals surface area contributed by atoms with Crippen molar-refractivity contribution in [3.63, 3.8) is 0 Å². The van der Waals surface area contributed by atoms with Crippen molar-refractivity contribution >= 4 is 53.4 Å². The normalized spacial score (nSPS) is 11.6. The van der Waals surface area contributed by atoms with Crippen LogP contribution in [0, 0.1) is 0 Å². The Bertz CT molecular complexity index is 2800. The summed E-state index contributed by atoms with van der Waals surface area (Å²) in [4.78, 5) is 14.9. The zero-order valence-corrected chi connectivity index (χ0v) is 27.6. The van der Waals surface area contributed by atoms with Gasteiger partial charge in [-0.3, -0.25) is 0 Å². The quantitative estimate of drug-likeness (QED) is 0.185. The smallest absolute Gasteiger partial charge is 0.164 e. The molecule has 0 radical (unpaired) electrons. The molecule has 0 unspecified atom stereocenters. The Kier molecular flexibility index (Phi) is 6.64. The van der Waals surface area contributed by atoms with E-state index in [0.717, 1.165) is 44.2 Å². The van der Waals surface area contributed by atoms with E-state index in [1.165, 1.54) is 36.9 Å². The predicted molar refractivity (Wildman–Crippen MR) is 207 cm³/mol. The average Bonchev–Trinajstić information content (AvgIpc) is 3.77. The van der Waals surface area contributed by atoms with E-state index < -0.39 is 0 Å². The van der Waals surface area contributed by atoms with E-state index in [0.29, 0.717) is 17.5 Å². The minimum atomic E-state index is 0.610. The number of hydrogen-bond donors (Lipinski definition) is 0.